The molecule has 17 heavy (non-hydrogen) atoms. The predicted octanol–water partition coefficient (Wildman–Crippen LogP) is 2.26. The minimum atomic E-state index is -0.536. The second kappa shape index (κ2) is 6.32. The van der Waals surface area contributed by atoms with Crippen LogP contribution in [0.1, 0.15) is 33.1 Å². The standard InChI is InChI=1S/C7H12O3.C4H6O3/c1-3-7(4-2)5-9-6(8)10-7;5-4-6-2-1-3-7-4/h3-5H2,1-2H3;1-3H2. The third-order valence-electron chi connectivity index (χ3n) is 2.77. The molecule has 0 saturated carbocycles. The molecule has 0 aromatic carbocycles. The van der Waals surface area contributed by atoms with Gasteiger partial charge in [0.1, 0.15) is 12.2 Å². The number of carbonyl (C=O) groups is 2. The first-order chi connectivity index (χ1) is 8.12. The molecule has 0 radical (unpaired) electrons. The Hall–Kier alpha value is -1.46. The van der Waals surface area contributed by atoms with E-state index in [4.69, 9.17) is 4.74 Å². The Kier molecular flexibility index (Phi) is 5.06. The molecular formula is C11H18O6. The second-order valence-electron chi connectivity index (χ2n) is 3.83. The summed E-state index contributed by atoms with van der Waals surface area (Å²) in [6, 6.07) is 0. The van der Waals surface area contributed by atoms with E-state index in [-0.39, 0.29) is 5.60 Å². The minimum Gasteiger partial charge on any atom is -0.434 e. The van der Waals surface area contributed by atoms with Crippen molar-refractivity contribution in [2.45, 2.75) is 38.7 Å². The molecule has 0 spiro atoms. The molecule has 0 atom stereocenters. The molecule has 0 aromatic heterocycles. The number of hydrogen-bond acceptors (Lipinski definition) is 6. The second-order valence-corrected chi connectivity index (χ2v) is 3.83. The highest BCUT2D eigenvalue weighted by atomic mass is 16.8. The van der Waals surface area contributed by atoms with Gasteiger partial charge in [0.25, 0.3) is 0 Å². The fourth-order valence-electron chi connectivity index (χ4n) is 1.44. The lowest BCUT2D eigenvalue weighted by atomic mass is 9.99. The van der Waals surface area contributed by atoms with Gasteiger partial charge in [-0.3, -0.25) is 0 Å². The van der Waals surface area contributed by atoms with Crippen molar-refractivity contribution in [2.75, 3.05) is 19.8 Å². The van der Waals surface area contributed by atoms with Crippen LogP contribution < -0.4 is 0 Å². The van der Waals surface area contributed by atoms with Crippen molar-refractivity contribution in [2.24, 2.45) is 0 Å². The maximum Gasteiger partial charge on any atom is 0.509 e. The summed E-state index contributed by atoms with van der Waals surface area (Å²) < 4.78 is 18.5. The van der Waals surface area contributed by atoms with Crippen molar-refractivity contribution in [3.8, 4) is 0 Å². The van der Waals surface area contributed by atoms with Gasteiger partial charge in [-0.05, 0) is 12.8 Å². The van der Waals surface area contributed by atoms with E-state index in [0.29, 0.717) is 19.8 Å². The van der Waals surface area contributed by atoms with E-state index in [1.54, 1.807) is 0 Å². The molecule has 2 aliphatic rings. The SMILES string of the molecule is CCC1(CC)COC(=O)O1.O=C1OCCCO1. The number of rotatable bonds is 2. The fourth-order valence-corrected chi connectivity index (χ4v) is 1.44. The third-order valence-corrected chi connectivity index (χ3v) is 2.77. The maximum absolute atomic E-state index is 10.5. The zero-order chi connectivity index (χ0) is 12.7. The molecule has 6 nitrogen and oxygen atoms in total. The van der Waals surface area contributed by atoms with Gasteiger partial charge < -0.3 is 18.9 Å². The van der Waals surface area contributed by atoms with Gasteiger partial charge in [0.2, 0.25) is 0 Å². The molecule has 2 heterocycles. The highest BCUT2D eigenvalue weighted by Crippen LogP contribution is 2.26. The van der Waals surface area contributed by atoms with E-state index < -0.39 is 12.3 Å². The van der Waals surface area contributed by atoms with Gasteiger partial charge in [-0.15, -0.1) is 0 Å². The summed E-state index contributed by atoms with van der Waals surface area (Å²) in [6.45, 7) is 5.42. The molecule has 2 fully saturated rings. The van der Waals surface area contributed by atoms with Gasteiger partial charge in [-0.1, -0.05) is 13.8 Å². The van der Waals surface area contributed by atoms with Crippen LogP contribution in [0, 0.1) is 0 Å². The summed E-state index contributed by atoms with van der Waals surface area (Å²) in [4.78, 5) is 20.6. The number of carbonyl (C=O) groups excluding carboxylic acids is 2. The molecule has 2 rings (SSSR count). The van der Waals surface area contributed by atoms with Crippen molar-refractivity contribution in [3.05, 3.63) is 0 Å². The summed E-state index contributed by atoms with van der Waals surface area (Å²) in [7, 11) is 0. The number of hydrogen-bond donors (Lipinski definition) is 0. The monoisotopic (exact) mass is 246 g/mol. The third kappa shape index (κ3) is 4.13. The van der Waals surface area contributed by atoms with Gasteiger partial charge in [-0.2, -0.15) is 0 Å². The summed E-state index contributed by atoms with van der Waals surface area (Å²) in [5.41, 5.74) is -0.322. The highest BCUT2D eigenvalue weighted by Gasteiger charge is 2.38. The van der Waals surface area contributed by atoms with E-state index in [2.05, 4.69) is 14.2 Å². The first-order valence-corrected chi connectivity index (χ1v) is 5.77. The Balaban J connectivity index is 0.000000181. The Morgan fingerprint density at radius 3 is 1.82 bits per heavy atom. The lowest BCUT2D eigenvalue weighted by Crippen LogP contribution is -2.29. The van der Waals surface area contributed by atoms with Gasteiger partial charge in [0.15, 0.2) is 0 Å². The van der Waals surface area contributed by atoms with Gasteiger partial charge >= 0.3 is 12.3 Å². The van der Waals surface area contributed by atoms with Crippen LogP contribution in [0.25, 0.3) is 0 Å². The topological polar surface area (TPSA) is 71.1 Å². The molecule has 0 bridgehead atoms. The van der Waals surface area contributed by atoms with Crippen LogP contribution in [-0.2, 0) is 18.9 Å². The Morgan fingerprint density at radius 1 is 1.00 bits per heavy atom. The van der Waals surface area contributed by atoms with E-state index >= 15 is 0 Å². The molecule has 0 aromatic rings. The molecule has 0 aliphatic carbocycles. The average Bonchev–Trinajstić information content (AvgIpc) is 2.74. The zero-order valence-electron chi connectivity index (χ0n) is 10.2. The summed E-state index contributed by atoms with van der Waals surface area (Å²) in [5, 5.41) is 0. The number of ether oxygens (including phenoxy) is 4. The van der Waals surface area contributed by atoms with Crippen molar-refractivity contribution in [1.82, 2.24) is 0 Å². The molecule has 6 heteroatoms. The largest absolute Gasteiger partial charge is 0.509 e. The smallest absolute Gasteiger partial charge is 0.434 e. The van der Waals surface area contributed by atoms with Crippen molar-refractivity contribution >= 4 is 12.3 Å². The first kappa shape index (κ1) is 13.6. The molecule has 98 valence electrons. The maximum atomic E-state index is 10.5. The molecule has 2 aliphatic heterocycles. The van der Waals surface area contributed by atoms with Crippen LogP contribution in [0.3, 0.4) is 0 Å². The first-order valence-electron chi connectivity index (χ1n) is 5.77. The molecule has 2 saturated heterocycles. The molecule has 0 amide bonds. The van der Waals surface area contributed by atoms with E-state index in [0.717, 1.165) is 19.3 Å². The lowest BCUT2D eigenvalue weighted by Gasteiger charge is -2.20. The van der Waals surface area contributed by atoms with Crippen molar-refractivity contribution < 1.29 is 28.5 Å². The van der Waals surface area contributed by atoms with Crippen molar-refractivity contribution in [1.29, 1.82) is 0 Å². The zero-order valence-corrected chi connectivity index (χ0v) is 10.2. The van der Waals surface area contributed by atoms with Crippen LogP contribution in [0.2, 0.25) is 0 Å². The Bertz CT molecular complexity index is 263. The Morgan fingerprint density at radius 2 is 1.59 bits per heavy atom. The van der Waals surface area contributed by atoms with Gasteiger partial charge in [0.05, 0.1) is 13.2 Å². The summed E-state index contributed by atoms with van der Waals surface area (Å²) in [5.74, 6) is 0. The van der Waals surface area contributed by atoms with Gasteiger partial charge in [0, 0.05) is 6.42 Å². The van der Waals surface area contributed by atoms with Gasteiger partial charge in [-0.25, -0.2) is 9.59 Å². The molecule has 0 unspecified atom stereocenters. The Labute approximate surface area is 100 Å². The minimum absolute atomic E-state index is 0.322. The highest BCUT2D eigenvalue weighted by molar-refractivity contribution is 5.62. The van der Waals surface area contributed by atoms with Crippen LogP contribution in [-0.4, -0.2) is 37.7 Å². The number of cyclic esters (lactones) is 4. The van der Waals surface area contributed by atoms with Crippen LogP contribution >= 0.6 is 0 Å². The summed E-state index contributed by atoms with van der Waals surface area (Å²) in [6.07, 6.45) is 1.42. The average molecular weight is 246 g/mol. The predicted molar refractivity (Wildman–Crippen MR) is 57.7 cm³/mol. The molecule has 0 N–H and O–H groups in total. The molecular weight excluding hydrogens is 228 g/mol. The normalized spacial score (nSPS) is 21.3. The van der Waals surface area contributed by atoms with E-state index in [9.17, 15) is 9.59 Å². The van der Waals surface area contributed by atoms with Crippen LogP contribution in [0.4, 0.5) is 9.59 Å². The van der Waals surface area contributed by atoms with E-state index in [1.165, 1.54) is 0 Å². The summed E-state index contributed by atoms with van der Waals surface area (Å²) >= 11 is 0. The lowest BCUT2D eigenvalue weighted by molar-refractivity contribution is 0.0192. The van der Waals surface area contributed by atoms with E-state index in [1.807, 2.05) is 13.8 Å². The van der Waals surface area contributed by atoms with Crippen LogP contribution in [0.5, 0.6) is 0 Å². The van der Waals surface area contributed by atoms with Crippen LogP contribution in [0.15, 0.2) is 0 Å². The quantitative estimate of drug-likeness (QED) is 0.696. The fraction of sp³-hybridized carbons (Fsp3) is 0.818. The van der Waals surface area contributed by atoms with Crippen molar-refractivity contribution in [3.63, 3.8) is 0 Å².